The minimum absolute atomic E-state index is 0.311. The van der Waals surface area contributed by atoms with Gasteiger partial charge in [-0.3, -0.25) is 0 Å². The van der Waals surface area contributed by atoms with Gasteiger partial charge in [0.25, 0.3) is 0 Å². The molecule has 0 radical (unpaired) electrons. The van der Waals surface area contributed by atoms with Crippen molar-refractivity contribution in [2.45, 2.75) is 72.1 Å². The summed E-state index contributed by atoms with van der Waals surface area (Å²) in [6.07, 6.45) is 9.59. The number of nitrogens with zero attached hydrogens (tertiary/aromatic N) is 2. The Morgan fingerprint density at radius 3 is 2.19 bits per heavy atom. The average molecular weight is 371 g/mol. The van der Waals surface area contributed by atoms with E-state index in [1.165, 1.54) is 49.6 Å². The monoisotopic (exact) mass is 370 g/mol. The molecule has 0 aliphatic rings. The molecule has 1 amide bonds. The third-order valence-electron chi connectivity index (χ3n) is 5.30. The summed E-state index contributed by atoms with van der Waals surface area (Å²) in [5, 5.41) is 2.78. The second-order valence-electron chi connectivity index (χ2n) is 6.88. The first kappa shape index (κ1) is 24.6. The number of nitrogens with one attached hydrogen (secondary N) is 1. The number of hydrogen-bond donors (Lipinski definition) is 1. The van der Waals surface area contributed by atoms with Gasteiger partial charge in [0.2, 0.25) is 6.08 Å². The third kappa shape index (κ3) is 12.9. The SMILES string of the molecule is CC[N+](CC)(CC)CCCCCCOC(=O)NCCCCCCN=C=O. The van der Waals surface area contributed by atoms with Crippen LogP contribution in [0.25, 0.3) is 0 Å². The minimum Gasteiger partial charge on any atom is -0.450 e. The molecule has 26 heavy (non-hydrogen) atoms. The van der Waals surface area contributed by atoms with Crippen molar-refractivity contribution in [2.75, 3.05) is 45.9 Å². The molecule has 0 aromatic heterocycles. The highest BCUT2D eigenvalue weighted by atomic mass is 16.5. The molecule has 0 aromatic rings. The summed E-state index contributed by atoms with van der Waals surface area (Å²) in [7, 11) is 0. The van der Waals surface area contributed by atoms with E-state index in [0.29, 0.717) is 19.7 Å². The molecule has 0 aliphatic heterocycles. The number of hydrogen-bond acceptors (Lipinski definition) is 4. The van der Waals surface area contributed by atoms with Crippen molar-refractivity contribution < 1.29 is 18.8 Å². The maximum absolute atomic E-state index is 11.6. The van der Waals surface area contributed by atoms with E-state index in [-0.39, 0.29) is 6.09 Å². The Bertz CT molecular complexity index is 383. The summed E-state index contributed by atoms with van der Waals surface area (Å²) in [6.45, 7) is 13.4. The first-order chi connectivity index (χ1) is 12.6. The number of unbranched alkanes of at least 4 members (excludes halogenated alkanes) is 6. The van der Waals surface area contributed by atoms with Gasteiger partial charge in [-0.15, -0.1) is 0 Å². The molecule has 0 aliphatic carbocycles. The molecule has 0 aromatic carbocycles. The van der Waals surface area contributed by atoms with E-state index in [0.717, 1.165) is 38.5 Å². The molecule has 0 saturated carbocycles. The molecule has 0 rings (SSSR count). The normalized spacial score (nSPS) is 11.0. The fourth-order valence-corrected chi connectivity index (χ4v) is 3.17. The summed E-state index contributed by atoms with van der Waals surface area (Å²) >= 11 is 0. The standard InChI is InChI=1S/C20H39N3O3/c1-4-23(5-2,6-3)17-13-9-10-14-18-26-20(25)22-16-12-8-7-11-15-21-19-24/h4-18H2,1-3H3/p+1. The number of rotatable bonds is 17. The highest BCUT2D eigenvalue weighted by Crippen LogP contribution is 2.10. The summed E-state index contributed by atoms with van der Waals surface area (Å²) in [6, 6.07) is 0. The zero-order valence-corrected chi connectivity index (χ0v) is 17.2. The number of carbonyl (C=O) groups is 1. The van der Waals surface area contributed by atoms with Crippen molar-refractivity contribution in [3.8, 4) is 0 Å². The van der Waals surface area contributed by atoms with Gasteiger partial charge in [-0.25, -0.2) is 14.6 Å². The molecule has 6 heteroatoms. The average Bonchev–Trinajstić information content (AvgIpc) is 2.66. The van der Waals surface area contributed by atoms with Crippen LogP contribution in [0.15, 0.2) is 4.99 Å². The number of alkyl carbamates (subject to hydrolysis) is 1. The van der Waals surface area contributed by atoms with Crippen molar-refractivity contribution in [3.05, 3.63) is 0 Å². The quantitative estimate of drug-likeness (QED) is 0.182. The summed E-state index contributed by atoms with van der Waals surface area (Å²) in [5.41, 5.74) is 0. The van der Waals surface area contributed by atoms with Crippen LogP contribution in [0.2, 0.25) is 0 Å². The molecular formula is C20H40N3O3+. The van der Waals surface area contributed by atoms with Crippen LogP contribution in [-0.4, -0.2) is 62.5 Å². The lowest BCUT2D eigenvalue weighted by Crippen LogP contribution is -2.48. The number of ether oxygens (including phenoxy) is 1. The zero-order chi connectivity index (χ0) is 19.5. The van der Waals surface area contributed by atoms with Gasteiger partial charge in [0.1, 0.15) is 0 Å². The van der Waals surface area contributed by atoms with Crippen molar-refractivity contribution in [1.29, 1.82) is 0 Å². The first-order valence-electron chi connectivity index (χ1n) is 10.4. The Labute approximate surface area is 160 Å². The summed E-state index contributed by atoms with van der Waals surface area (Å²) in [5.74, 6) is 0. The van der Waals surface area contributed by atoms with Gasteiger partial charge in [0, 0.05) is 6.54 Å². The fourth-order valence-electron chi connectivity index (χ4n) is 3.17. The molecule has 152 valence electrons. The Balaban J connectivity index is 3.45. The maximum atomic E-state index is 11.6. The Kier molecular flexibility index (Phi) is 16.1. The second-order valence-corrected chi connectivity index (χ2v) is 6.88. The smallest absolute Gasteiger partial charge is 0.407 e. The molecule has 0 heterocycles. The van der Waals surface area contributed by atoms with Crippen LogP contribution in [0.5, 0.6) is 0 Å². The van der Waals surface area contributed by atoms with Crippen molar-refractivity contribution >= 4 is 12.2 Å². The van der Waals surface area contributed by atoms with Crippen LogP contribution < -0.4 is 5.32 Å². The Morgan fingerprint density at radius 1 is 0.923 bits per heavy atom. The minimum atomic E-state index is -0.311. The van der Waals surface area contributed by atoms with Crippen LogP contribution in [0.3, 0.4) is 0 Å². The van der Waals surface area contributed by atoms with E-state index in [1.807, 2.05) is 0 Å². The van der Waals surface area contributed by atoms with Crippen LogP contribution in [0.1, 0.15) is 72.1 Å². The predicted molar refractivity (Wildman–Crippen MR) is 106 cm³/mol. The van der Waals surface area contributed by atoms with Gasteiger partial charge in [0.15, 0.2) is 0 Å². The lowest BCUT2D eigenvalue weighted by molar-refractivity contribution is -0.923. The lowest BCUT2D eigenvalue weighted by Gasteiger charge is -2.35. The van der Waals surface area contributed by atoms with Crippen LogP contribution in [0, 0.1) is 0 Å². The van der Waals surface area contributed by atoms with E-state index in [9.17, 15) is 9.59 Å². The van der Waals surface area contributed by atoms with Gasteiger partial charge < -0.3 is 14.5 Å². The first-order valence-corrected chi connectivity index (χ1v) is 10.4. The number of aliphatic imine (C=N–C) groups is 1. The molecular weight excluding hydrogens is 330 g/mol. The molecule has 0 saturated heterocycles. The number of isocyanates is 1. The summed E-state index contributed by atoms with van der Waals surface area (Å²) < 4.78 is 6.41. The molecule has 0 bridgehead atoms. The largest absolute Gasteiger partial charge is 0.450 e. The van der Waals surface area contributed by atoms with Gasteiger partial charge in [-0.05, 0) is 59.3 Å². The molecule has 0 fully saturated rings. The molecule has 1 N–H and O–H groups in total. The van der Waals surface area contributed by atoms with E-state index in [4.69, 9.17) is 4.74 Å². The lowest BCUT2D eigenvalue weighted by atomic mass is 10.1. The van der Waals surface area contributed by atoms with Crippen molar-refractivity contribution in [3.63, 3.8) is 0 Å². The van der Waals surface area contributed by atoms with E-state index in [2.05, 4.69) is 31.1 Å². The Morgan fingerprint density at radius 2 is 1.54 bits per heavy atom. The molecule has 6 nitrogen and oxygen atoms in total. The maximum Gasteiger partial charge on any atom is 0.407 e. The number of carbonyl (C=O) groups excluding carboxylic acids is 2. The molecule has 0 spiro atoms. The van der Waals surface area contributed by atoms with Crippen LogP contribution in [-0.2, 0) is 9.53 Å². The predicted octanol–water partition coefficient (Wildman–Crippen LogP) is 4.05. The van der Waals surface area contributed by atoms with E-state index < -0.39 is 0 Å². The van der Waals surface area contributed by atoms with Crippen molar-refractivity contribution in [1.82, 2.24) is 5.32 Å². The number of amides is 1. The van der Waals surface area contributed by atoms with Crippen molar-refractivity contribution in [2.24, 2.45) is 4.99 Å². The van der Waals surface area contributed by atoms with E-state index >= 15 is 0 Å². The van der Waals surface area contributed by atoms with Gasteiger partial charge >= 0.3 is 6.09 Å². The number of quaternary nitrogens is 1. The second kappa shape index (κ2) is 17.0. The highest BCUT2D eigenvalue weighted by molar-refractivity contribution is 5.66. The van der Waals surface area contributed by atoms with E-state index in [1.54, 1.807) is 0 Å². The van der Waals surface area contributed by atoms with Gasteiger partial charge in [-0.1, -0.05) is 12.8 Å². The van der Waals surface area contributed by atoms with Gasteiger partial charge in [0.05, 0.1) is 39.3 Å². The molecule has 0 unspecified atom stereocenters. The topological polar surface area (TPSA) is 67.8 Å². The molecule has 0 atom stereocenters. The van der Waals surface area contributed by atoms with Gasteiger partial charge in [-0.2, -0.15) is 0 Å². The fraction of sp³-hybridized carbons (Fsp3) is 0.900. The van der Waals surface area contributed by atoms with Crippen LogP contribution >= 0.6 is 0 Å². The Hall–Kier alpha value is -1.39. The van der Waals surface area contributed by atoms with Crippen LogP contribution in [0.4, 0.5) is 4.79 Å². The zero-order valence-electron chi connectivity index (χ0n) is 17.2. The highest BCUT2D eigenvalue weighted by Gasteiger charge is 2.19. The summed E-state index contributed by atoms with van der Waals surface area (Å²) in [4.78, 5) is 25.0. The third-order valence-corrected chi connectivity index (χ3v) is 5.30.